The van der Waals surface area contributed by atoms with Gasteiger partial charge in [0.05, 0.1) is 0 Å². The van der Waals surface area contributed by atoms with Gasteiger partial charge in [-0.25, -0.2) is 0 Å². The molecular formula is C8H16N2O. The summed E-state index contributed by atoms with van der Waals surface area (Å²) in [6.07, 6.45) is 1.67. The van der Waals surface area contributed by atoms with Crippen LogP contribution in [0.25, 0.3) is 0 Å². The fraction of sp³-hybridized carbons (Fsp3) is 1.00. The molecule has 0 aromatic heterocycles. The van der Waals surface area contributed by atoms with Gasteiger partial charge in [0.1, 0.15) is 6.23 Å². The molecule has 3 aliphatic rings. The predicted molar refractivity (Wildman–Crippen MR) is 43.4 cm³/mol. The third-order valence-electron chi connectivity index (χ3n) is 2.91. The first-order valence-corrected chi connectivity index (χ1v) is 4.34. The van der Waals surface area contributed by atoms with Crippen molar-refractivity contribution in [3.8, 4) is 0 Å². The summed E-state index contributed by atoms with van der Waals surface area (Å²) >= 11 is 0. The van der Waals surface area contributed by atoms with Crippen LogP contribution < -0.4 is 5.32 Å². The minimum absolute atomic E-state index is 0.306. The van der Waals surface area contributed by atoms with Gasteiger partial charge in [-0.3, -0.25) is 4.90 Å². The lowest BCUT2D eigenvalue weighted by molar-refractivity contribution is -0.137. The molecule has 3 heteroatoms. The highest BCUT2D eigenvalue weighted by Gasteiger charge is 2.43. The second-order valence-electron chi connectivity index (χ2n) is 3.48. The molecule has 3 saturated heterocycles. The number of rotatable bonds is 2. The molecule has 3 heterocycles. The largest absolute Gasteiger partial charge is 0.367 e. The lowest BCUT2D eigenvalue weighted by atomic mass is 9.88. The van der Waals surface area contributed by atoms with E-state index in [4.69, 9.17) is 4.74 Å². The first-order valence-electron chi connectivity index (χ1n) is 4.34. The van der Waals surface area contributed by atoms with E-state index in [1.807, 2.05) is 0 Å². The van der Waals surface area contributed by atoms with E-state index in [1.165, 1.54) is 6.42 Å². The van der Waals surface area contributed by atoms with E-state index in [0.29, 0.717) is 6.23 Å². The summed E-state index contributed by atoms with van der Waals surface area (Å²) in [4.78, 5) is 2.47. The molecule has 0 aliphatic carbocycles. The fourth-order valence-electron chi connectivity index (χ4n) is 2.23. The maximum absolute atomic E-state index is 5.29. The Morgan fingerprint density at radius 3 is 2.55 bits per heavy atom. The highest BCUT2D eigenvalue weighted by molar-refractivity contribution is 4.99. The lowest BCUT2D eigenvalue weighted by Gasteiger charge is -2.55. The molecule has 3 unspecified atom stereocenters. The molecule has 0 aromatic rings. The first-order chi connectivity index (χ1) is 5.33. The van der Waals surface area contributed by atoms with Gasteiger partial charge < -0.3 is 10.1 Å². The lowest BCUT2D eigenvalue weighted by Crippen LogP contribution is -2.70. The predicted octanol–water partition coefficient (Wildman–Crippen LogP) is 0.0249. The normalized spacial score (nSPS) is 39.8. The molecule has 3 aliphatic heterocycles. The van der Waals surface area contributed by atoms with Crippen LogP contribution in [-0.4, -0.2) is 43.4 Å². The quantitative estimate of drug-likeness (QED) is 0.610. The van der Waals surface area contributed by atoms with Crippen LogP contribution >= 0.6 is 0 Å². The average molecular weight is 156 g/mol. The number of fused-ring (bicyclic) bond motifs is 2. The van der Waals surface area contributed by atoms with Gasteiger partial charge in [0.25, 0.3) is 0 Å². The number of hydrogen-bond donors (Lipinski definition) is 1. The zero-order chi connectivity index (χ0) is 7.84. The highest BCUT2D eigenvalue weighted by atomic mass is 16.5. The Morgan fingerprint density at radius 1 is 1.45 bits per heavy atom. The third-order valence-corrected chi connectivity index (χ3v) is 2.91. The second-order valence-corrected chi connectivity index (χ2v) is 3.48. The van der Waals surface area contributed by atoms with Crippen molar-refractivity contribution in [3.63, 3.8) is 0 Å². The topological polar surface area (TPSA) is 24.5 Å². The summed E-state index contributed by atoms with van der Waals surface area (Å²) in [7, 11) is 1.78. The second kappa shape index (κ2) is 2.73. The molecule has 3 fully saturated rings. The van der Waals surface area contributed by atoms with Gasteiger partial charge in [-0.05, 0) is 13.3 Å². The average Bonchev–Trinajstić information content (AvgIpc) is 2.05. The van der Waals surface area contributed by atoms with Gasteiger partial charge in [-0.1, -0.05) is 0 Å². The van der Waals surface area contributed by atoms with Gasteiger partial charge in [0.15, 0.2) is 0 Å². The van der Waals surface area contributed by atoms with Crippen molar-refractivity contribution in [2.75, 3.05) is 20.2 Å². The zero-order valence-electron chi connectivity index (χ0n) is 7.21. The van der Waals surface area contributed by atoms with Gasteiger partial charge in [0, 0.05) is 32.3 Å². The van der Waals surface area contributed by atoms with E-state index in [2.05, 4.69) is 17.1 Å². The number of ether oxygens (including phenoxy) is 1. The molecule has 11 heavy (non-hydrogen) atoms. The molecule has 0 aromatic carbocycles. The van der Waals surface area contributed by atoms with Gasteiger partial charge in [-0.2, -0.15) is 0 Å². The van der Waals surface area contributed by atoms with E-state index < -0.39 is 0 Å². The smallest absolute Gasteiger partial charge is 0.107 e. The van der Waals surface area contributed by atoms with Crippen LogP contribution in [0.15, 0.2) is 0 Å². The fourth-order valence-corrected chi connectivity index (χ4v) is 2.23. The number of nitrogens with one attached hydrogen (secondary N) is 1. The van der Waals surface area contributed by atoms with Crippen molar-refractivity contribution in [1.29, 1.82) is 0 Å². The maximum atomic E-state index is 5.29. The van der Waals surface area contributed by atoms with E-state index in [-0.39, 0.29) is 0 Å². The molecule has 3 rings (SSSR count). The molecule has 0 spiro atoms. The summed E-state index contributed by atoms with van der Waals surface area (Å²) < 4.78 is 5.29. The molecule has 3 nitrogen and oxygen atoms in total. The van der Waals surface area contributed by atoms with E-state index in [9.17, 15) is 0 Å². The number of hydrogen-bond acceptors (Lipinski definition) is 3. The summed E-state index contributed by atoms with van der Waals surface area (Å²) in [5.74, 6) is 0. The maximum Gasteiger partial charge on any atom is 0.107 e. The van der Waals surface area contributed by atoms with E-state index in [0.717, 1.165) is 25.2 Å². The Balaban J connectivity index is 1.95. The minimum atomic E-state index is 0.306. The minimum Gasteiger partial charge on any atom is -0.367 e. The van der Waals surface area contributed by atoms with Crippen LogP contribution in [-0.2, 0) is 4.74 Å². The van der Waals surface area contributed by atoms with Crippen molar-refractivity contribution in [1.82, 2.24) is 10.2 Å². The van der Waals surface area contributed by atoms with Crippen LogP contribution in [0, 0.1) is 0 Å². The van der Waals surface area contributed by atoms with Crippen LogP contribution in [0.3, 0.4) is 0 Å². The zero-order valence-corrected chi connectivity index (χ0v) is 7.21. The summed E-state index contributed by atoms with van der Waals surface area (Å²) in [6, 6.07) is 1.48. The first kappa shape index (κ1) is 7.53. The molecular weight excluding hydrogens is 140 g/mol. The SMILES string of the molecule is COC(C)N1C2CNCC1C2. The van der Waals surface area contributed by atoms with Crippen molar-refractivity contribution in [2.45, 2.75) is 31.7 Å². The van der Waals surface area contributed by atoms with Gasteiger partial charge in [0.2, 0.25) is 0 Å². The molecule has 3 atom stereocenters. The monoisotopic (exact) mass is 156 g/mol. The van der Waals surface area contributed by atoms with Crippen molar-refractivity contribution >= 4 is 0 Å². The molecule has 0 amide bonds. The highest BCUT2D eigenvalue weighted by Crippen LogP contribution is 2.30. The molecule has 0 radical (unpaired) electrons. The van der Waals surface area contributed by atoms with Gasteiger partial charge in [-0.15, -0.1) is 0 Å². The Bertz CT molecular complexity index is 134. The van der Waals surface area contributed by atoms with E-state index >= 15 is 0 Å². The Kier molecular flexibility index (Phi) is 1.87. The van der Waals surface area contributed by atoms with Crippen LogP contribution in [0.2, 0.25) is 0 Å². The van der Waals surface area contributed by atoms with Crippen LogP contribution in [0.5, 0.6) is 0 Å². The van der Waals surface area contributed by atoms with Crippen molar-refractivity contribution in [3.05, 3.63) is 0 Å². The molecule has 64 valence electrons. The summed E-state index contributed by atoms with van der Waals surface area (Å²) in [5.41, 5.74) is 0. The summed E-state index contributed by atoms with van der Waals surface area (Å²) in [5, 5.41) is 3.40. The van der Waals surface area contributed by atoms with Crippen molar-refractivity contribution in [2.24, 2.45) is 0 Å². The third kappa shape index (κ3) is 1.08. The van der Waals surface area contributed by atoms with E-state index in [1.54, 1.807) is 7.11 Å². The Morgan fingerprint density at radius 2 is 2.09 bits per heavy atom. The standard InChI is InChI=1S/C8H16N2O/c1-6(11-2)10-7-3-8(10)5-9-4-7/h6-9H,3-5H2,1-2H3. The number of methoxy groups -OCH3 is 1. The van der Waals surface area contributed by atoms with Crippen LogP contribution in [0.4, 0.5) is 0 Å². The summed E-state index contributed by atoms with van der Waals surface area (Å²) in [6.45, 7) is 4.42. The van der Waals surface area contributed by atoms with Crippen LogP contribution in [0.1, 0.15) is 13.3 Å². The molecule has 2 bridgehead atoms. The number of piperazine rings is 1. The van der Waals surface area contributed by atoms with Gasteiger partial charge >= 0.3 is 0 Å². The Hall–Kier alpha value is -0.120. The van der Waals surface area contributed by atoms with Crippen molar-refractivity contribution < 1.29 is 4.74 Å². The molecule has 0 saturated carbocycles. The number of piperidine rings is 1. The molecule has 1 N–H and O–H groups in total. The number of nitrogens with zero attached hydrogens (tertiary/aromatic N) is 1. The Labute approximate surface area is 67.7 Å².